The van der Waals surface area contributed by atoms with E-state index in [1.165, 1.54) is 11.3 Å². The van der Waals surface area contributed by atoms with Crippen molar-refractivity contribution < 1.29 is 4.74 Å². The van der Waals surface area contributed by atoms with E-state index in [-0.39, 0.29) is 5.60 Å². The number of hydrogen-bond acceptors (Lipinski definition) is 3. The normalized spacial score (nSPS) is 12.1. The molecule has 0 fully saturated rings. The molecule has 0 saturated carbocycles. The molecule has 4 heteroatoms. The van der Waals surface area contributed by atoms with Crippen LogP contribution in [-0.4, -0.2) is 29.5 Å². The van der Waals surface area contributed by atoms with Crippen molar-refractivity contribution in [2.24, 2.45) is 0 Å². The minimum absolute atomic E-state index is 0.0878. The zero-order chi connectivity index (χ0) is 13.1. The predicted octanol–water partition coefficient (Wildman–Crippen LogP) is 2.03. The van der Waals surface area contributed by atoms with Crippen LogP contribution in [0.15, 0.2) is 0 Å². The van der Waals surface area contributed by atoms with Crippen LogP contribution >= 0.6 is 0 Å². The van der Waals surface area contributed by atoms with Gasteiger partial charge in [-0.15, -0.1) is 0 Å². The molecule has 0 saturated heterocycles. The quantitative estimate of drug-likeness (QED) is 0.825. The summed E-state index contributed by atoms with van der Waals surface area (Å²) in [7, 11) is 3.72. The van der Waals surface area contributed by atoms with Gasteiger partial charge in [-0.1, -0.05) is 0 Å². The fourth-order valence-electron chi connectivity index (χ4n) is 1.86. The first kappa shape index (κ1) is 14.2. The first-order valence-corrected chi connectivity index (χ1v) is 6.14. The maximum Gasteiger partial charge on any atom is 0.0641 e. The van der Waals surface area contributed by atoms with Gasteiger partial charge in [0.2, 0.25) is 0 Å². The van der Waals surface area contributed by atoms with E-state index in [0.29, 0.717) is 0 Å². The van der Waals surface area contributed by atoms with Crippen molar-refractivity contribution in [2.75, 3.05) is 14.2 Å². The summed E-state index contributed by atoms with van der Waals surface area (Å²) in [6, 6.07) is 0. The molecule has 1 N–H and O–H groups in total. The molecule has 1 aromatic rings. The molecule has 0 aliphatic rings. The van der Waals surface area contributed by atoms with E-state index < -0.39 is 0 Å². The molecule has 4 nitrogen and oxygen atoms in total. The highest BCUT2D eigenvalue weighted by Crippen LogP contribution is 2.17. The van der Waals surface area contributed by atoms with E-state index in [1.807, 2.05) is 7.05 Å². The lowest BCUT2D eigenvalue weighted by Gasteiger charge is -2.22. The van der Waals surface area contributed by atoms with Crippen molar-refractivity contribution in [3.05, 3.63) is 17.0 Å². The van der Waals surface area contributed by atoms with Gasteiger partial charge in [-0.2, -0.15) is 5.10 Å². The third kappa shape index (κ3) is 3.54. The molecule has 0 atom stereocenters. The predicted molar refractivity (Wildman–Crippen MR) is 70.2 cm³/mol. The lowest BCUT2D eigenvalue weighted by atomic mass is 10.1. The van der Waals surface area contributed by atoms with Crippen LogP contribution in [0.1, 0.15) is 37.2 Å². The molecule has 17 heavy (non-hydrogen) atoms. The molecule has 0 amide bonds. The van der Waals surface area contributed by atoms with Gasteiger partial charge in [0, 0.05) is 31.5 Å². The van der Waals surface area contributed by atoms with E-state index >= 15 is 0 Å². The SMILES string of the molecule is CNCc1c(C)nn(CCC(C)(C)OC)c1C. The average Bonchev–Trinajstić information content (AvgIpc) is 2.55. The van der Waals surface area contributed by atoms with Crippen LogP contribution in [0, 0.1) is 13.8 Å². The summed E-state index contributed by atoms with van der Waals surface area (Å²) in [5, 5.41) is 7.77. The molecule has 0 aromatic carbocycles. The third-order valence-corrected chi connectivity index (χ3v) is 3.36. The van der Waals surface area contributed by atoms with E-state index in [0.717, 1.165) is 25.2 Å². The molecule has 98 valence electrons. The Morgan fingerprint density at radius 2 is 2.00 bits per heavy atom. The molecule has 0 aliphatic carbocycles. The van der Waals surface area contributed by atoms with Crippen molar-refractivity contribution in [1.82, 2.24) is 15.1 Å². The van der Waals surface area contributed by atoms with Gasteiger partial charge < -0.3 is 10.1 Å². The number of nitrogens with one attached hydrogen (secondary N) is 1. The van der Waals surface area contributed by atoms with E-state index in [9.17, 15) is 0 Å². The largest absolute Gasteiger partial charge is 0.379 e. The van der Waals surface area contributed by atoms with Crippen molar-refractivity contribution in [3.8, 4) is 0 Å². The third-order valence-electron chi connectivity index (χ3n) is 3.36. The summed E-state index contributed by atoms with van der Waals surface area (Å²) in [6.07, 6.45) is 0.963. The Morgan fingerprint density at radius 1 is 1.35 bits per heavy atom. The summed E-state index contributed by atoms with van der Waals surface area (Å²) >= 11 is 0. The monoisotopic (exact) mass is 239 g/mol. The van der Waals surface area contributed by atoms with Crippen LogP contribution < -0.4 is 5.32 Å². The van der Waals surface area contributed by atoms with Crippen molar-refractivity contribution >= 4 is 0 Å². The molecule has 1 rings (SSSR count). The summed E-state index contributed by atoms with van der Waals surface area (Å²) < 4.78 is 7.52. The molecule has 0 radical (unpaired) electrons. The number of aromatic nitrogens is 2. The maximum absolute atomic E-state index is 5.43. The number of aryl methyl sites for hydroxylation is 2. The second-order valence-corrected chi connectivity index (χ2v) is 5.12. The lowest BCUT2D eigenvalue weighted by Crippen LogP contribution is -2.25. The Balaban J connectivity index is 2.76. The molecule has 1 heterocycles. The fraction of sp³-hybridized carbons (Fsp3) is 0.769. The zero-order valence-electron chi connectivity index (χ0n) is 11.9. The minimum Gasteiger partial charge on any atom is -0.379 e. The highest BCUT2D eigenvalue weighted by atomic mass is 16.5. The fourth-order valence-corrected chi connectivity index (χ4v) is 1.86. The molecular formula is C13H25N3O. The molecule has 0 unspecified atom stereocenters. The highest BCUT2D eigenvalue weighted by Gasteiger charge is 2.18. The van der Waals surface area contributed by atoms with Gasteiger partial charge in [-0.25, -0.2) is 0 Å². The first-order chi connectivity index (χ1) is 7.91. The summed E-state index contributed by atoms with van der Waals surface area (Å²) in [4.78, 5) is 0. The van der Waals surface area contributed by atoms with E-state index in [1.54, 1.807) is 7.11 Å². The lowest BCUT2D eigenvalue weighted by molar-refractivity contribution is 0.0112. The van der Waals surface area contributed by atoms with Gasteiger partial charge >= 0.3 is 0 Å². The standard InChI is InChI=1S/C13H25N3O/c1-10-12(9-14-5)11(2)16(15-10)8-7-13(3,4)17-6/h14H,7-9H2,1-6H3. The molecule has 0 aliphatic heterocycles. The van der Waals surface area contributed by atoms with Crippen LogP contribution in [0.3, 0.4) is 0 Å². The number of ether oxygens (including phenoxy) is 1. The van der Waals surface area contributed by atoms with Gasteiger partial charge in [-0.3, -0.25) is 4.68 Å². The van der Waals surface area contributed by atoms with E-state index in [4.69, 9.17) is 4.74 Å². The van der Waals surface area contributed by atoms with Crippen LogP contribution in [0.5, 0.6) is 0 Å². The van der Waals surface area contributed by atoms with Crippen LogP contribution in [-0.2, 0) is 17.8 Å². The molecule has 1 aromatic heterocycles. The number of nitrogens with zero attached hydrogens (tertiary/aromatic N) is 2. The summed E-state index contributed by atoms with van der Waals surface area (Å²) in [6.45, 7) is 10.2. The number of methoxy groups -OCH3 is 1. The zero-order valence-corrected chi connectivity index (χ0v) is 11.9. The van der Waals surface area contributed by atoms with Gasteiger partial charge in [0.25, 0.3) is 0 Å². The Hall–Kier alpha value is -0.870. The van der Waals surface area contributed by atoms with Gasteiger partial charge in [0.1, 0.15) is 0 Å². The molecule has 0 bridgehead atoms. The Bertz CT molecular complexity index is 369. The van der Waals surface area contributed by atoms with Crippen LogP contribution in [0.2, 0.25) is 0 Å². The van der Waals surface area contributed by atoms with E-state index in [2.05, 4.69) is 42.8 Å². The summed E-state index contributed by atoms with van der Waals surface area (Å²) in [5.41, 5.74) is 3.59. The van der Waals surface area contributed by atoms with Crippen molar-refractivity contribution in [3.63, 3.8) is 0 Å². The second-order valence-electron chi connectivity index (χ2n) is 5.12. The number of rotatable bonds is 6. The Morgan fingerprint density at radius 3 is 2.53 bits per heavy atom. The second kappa shape index (κ2) is 5.65. The molecule has 0 spiro atoms. The van der Waals surface area contributed by atoms with Gasteiger partial charge in [0.05, 0.1) is 11.3 Å². The Labute approximate surface area is 104 Å². The van der Waals surface area contributed by atoms with Crippen molar-refractivity contribution in [2.45, 2.75) is 52.8 Å². The first-order valence-electron chi connectivity index (χ1n) is 6.14. The minimum atomic E-state index is -0.0878. The van der Waals surface area contributed by atoms with Crippen LogP contribution in [0.4, 0.5) is 0 Å². The average molecular weight is 239 g/mol. The highest BCUT2D eigenvalue weighted by molar-refractivity contribution is 5.24. The van der Waals surface area contributed by atoms with Crippen LogP contribution in [0.25, 0.3) is 0 Å². The maximum atomic E-state index is 5.43. The number of hydrogen-bond donors (Lipinski definition) is 1. The van der Waals surface area contributed by atoms with Crippen molar-refractivity contribution in [1.29, 1.82) is 0 Å². The van der Waals surface area contributed by atoms with Gasteiger partial charge in [-0.05, 0) is 41.2 Å². The smallest absolute Gasteiger partial charge is 0.0641 e. The topological polar surface area (TPSA) is 39.1 Å². The summed E-state index contributed by atoms with van der Waals surface area (Å²) in [5.74, 6) is 0. The molecular weight excluding hydrogens is 214 g/mol. The Kier molecular flexibility index (Phi) is 4.71. The van der Waals surface area contributed by atoms with Gasteiger partial charge in [0.15, 0.2) is 0 Å².